The molecule has 0 radical (unpaired) electrons. The summed E-state index contributed by atoms with van der Waals surface area (Å²) in [5, 5.41) is 4.51. The summed E-state index contributed by atoms with van der Waals surface area (Å²) >= 11 is 0. The molecule has 0 spiro atoms. The molecule has 0 saturated heterocycles. The smallest absolute Gasteiger partial charge is 0.259 e. The van der Waals surface area contributed by atoms with Crippen molar-refractivity contribution in [3.63, 3.8) is 0 Å². The van der Waals surface area contributed by atoms with Crippen molar-refractivity contribution in [2.45, 2.75) is 0 Å². The Morgan fingerprint density at radius 2 is 1.68 bits per heavy atom. The van der Waals surface area contributed by atoms with Gasteiger partial charge in [-0.2, -0.15) is 0 Å². The number of carbonyl (C=O) groups excluding carboxylic acids is 3. The Kier molecular flexibility index (Phi) is 3.17. The molecule has 5 nitrogen and oxygen atoms in total. The average Bonchev–Trinajstić information content (AvgIpc) is 2.73. The van der Waals surface area contributed by atoms with Crippen molar-refractivity contribution in [3.05, 3.63) is 64.7 Å². The number of anilines is 1. The highest BCUT2D eigenvalue weighted by atomic mass is 19.1. The molecule has 1 aliphatic rings. The van der Waals surface area contributed by atoms with Gasteiger partial charge in [0.15, 0.2) is 0 Å². The lowest BCUT2D eigenvalue weighted by molar-refractivity contribution is 0.0878. The maximum Gasteiger partial charge on any atom is 0.259 e. The number of halogens is 2. The standard InChI is InChI=1S/C15H8F2N2O3/c16-7-1-3-10(12(17)5-7)14(21)18-8-2-4-9-11(6-8)15(22)19-13(9)20/h1-6H,(H,18,21)(H,19,20,22). The largest absolute Gasteiger partial charge is 0.322 e. The minimum atomic E-state index is -0.994. The van der Waals surface area contributed by atoms with Gasteiger partial charge < -0.3 is 5.32 Å². The summed E-state index contributed by atoms with van der Waals surface area (Å²) in [5.74, 6) is -3.65. The molecule has 0 fully saturated rings. The van der Waals surface area contributed by atoms with Crippen LogP contribution in [0.25, 0.3) is 0 Å². The summed E-state index contributed by atoms with van der Waals surface area (Å²) in [6.07, 6.45) is 0. The van der Waals surface area contributed by atoms with Gasteiger partial charge in [0.25, 0.3) is 17.7 Å². The minimum Gasteiger partial charge on any atom is -0.322 e. The zero-order valence-corrected chi connectivity index (χ0v) is 10.9. The normalized spacial score (nSPS) is 12.8. The van der Waals surface area contributed by atoms with Crippen LogP contribution in [0.15, 0.2) is 36.4 Å². The van der Waals surface area contributed by atoms with E-state index in [0.717, 1.165) is 12.1 Å². The van der Waals surface area contributed by atoms with Gasteiger partial charge in [0, 0.05) is 11.8 Å². The molecule has 2 aromatic carbocycles. The minimum absolute atomic E-state index is 0.127. The van der Waals surface area contributed by atoms with E-state index in [-0.39, 0.29) is 22.4 Å². The summed E-state index contributed by atoms with van der Waals surface area (Å²) in [5.41, 5.74) is 0.220. The molecule has 2 aromatic rings. The Labute approximate surface area is 122 Å². The Morgan fingerprint density at radius 1 is 0.955 bits per heavy atom. The fourth-order valence-electron chi connectivity index (χ4n) is 2.12. The first-order valence-electron chi connectivity index (χ1n) is 6.22. The molecule has 1 aliphatic heterocycles. The number of carbonyl (C=O) groups is 3. The van der Waals surface area contributed by atoms with E-state index in [9.17, 15) is 23.2 Å². The highest BCUT2D eigenvalue weighted by Gasteiger charge is 2.27. The molecule has 3 amide bonds. The molecular weight excluding hydrogens is 294 g/mol. The monoisotopic (exact) mass is 302 g/mol. The molecule has 3 rings (SSSR count). The van der Waals surface area contributed by atoms with Crippen LogP contribution in [0, 0.1) is 11.6 Å². The molecule has 0 saturated carbocycles. The first-order chi connectivity index (χ1) is 10.5. The number of rotatable bonds is 2. The van der Waals surface area contributed by atoms with Gasteiger partial charge in [-0.3, -0.25) is 19.7 Å². The summed E-state index contributed by atoms with van der Waals surface area (Å²) in [4.78, 5) is 34.9. The zero-order chi connectivity index (χ0) is 15.9. The van der Waals surface area contributed by atoms with E-state index < -0.39 is 29.4 Å². The van der Waals surface area contributed by atoms with Crippen molar-refractivity contribution in [3.8, 4) is 0 Å². The Bertz CT molecular complexity index is 834. The predicted octanol–water partition coefficient (Wildman–Crippen LogP) is 2.10. The van der Waals surface area contributed by atoms with E-state index >= 15 is 0 Å². The molecule has 2 N–H and O–H groups in total. The number of imide groups is 1. The van der Waals surface area contributed by atoms with Gasteiger partial charge in [0.2, 0.25) is 0 Å². The van der Waals surface area contributed by atoms with Gasteiger partial charge in [-0.1, -0.05) is 0 Å². The topological polar surface area (TPSA) is 75.3 Å². The van der Waals surface area contributed by atoms with Gasteiger partial charge in [-0.15, -0.1) is 0 Å². The Balaban J connectivity index is 1.88. The lowest BCUT2D eigenvalue weighted by atomic mass is 10.1. The van der Waals surface area contributed by atoms with E-state index in [1.54, 1.807) is 0 Å². The van der Waals surface area contributed by atoms with E-state index in [4.69, 9.17) is 0 Å². The molecular formula is C15H8F2N2O3. The van der Waals surface area contributed by atoms with Crippen LogP contribution in [0.2, 0.25) is 0 Å². The number of hydrogen-bond donors (Lipinski definition) is 2. The lowest BCUT2D eigenvalue weighted by Gasteiger charge is -2.07. The maximum atomic E-state index is 13.5. The van der Waals surface area contributed by atoms with Gasteiger partial charge in [-0.05, 0) is 30.3 Å². The number of hydrogen-bond acceptors (Lipinski definition) is 3. The number of fused-ring (bicyclic) bond motifs is 1. The molecule has 0 unspecified atom stereocenters. The Hall–Kier alpha value is -3.09. The van der Waals surface area contributed by atoms with Crippen molar-refractivity contribution >= 4 is 23.4 Å². The van der Waals surface area contributed by atoms with Crippen LogP contribution in [0.3, 0.4) is 0 Å². The third-order valence-corrected chi connectivity index (χ3v) is 3.17. The first-order valence-corrected chi connectivity index (χ1v) is 6.22. The highest BCUT2D eigenvalue weighted by Crippen LogP contribution is 2.21. The SMILES string of the molecule is O=C(Nc1ccc2c(c1)C(=O)NC2=O)c1ccc(F)cc1F. The molecule has 22 heavy (non-hydrogen) atoms. The van der Waals surface area contributed by atoms with E-state index in [2.05, 4.69) is 10.6 Å². The van der Waals surface area contributed by atoms with Crippen molar-refractivity contribution in [1.82, 2.24) is 5.32 Å². The number of benzene rings is 2. The summed E-state index contributed by atoms with van der Waals surface area (Å²) in [7, 11) is 0. The van der Waals surface area contributed by atoms with Crippen LogP contribution in [0.1, 0.15) is 31.1 Å². The van der Waals surface area contributed by atoms with Gasteiger partial charge in [0.05, 0.1) is 16.7 Å². The Morgan fingerprint density at radius 3 is 2.41 bits per heavy atom. The molecule has 0 bridgehead atoms. The van der Waals surface area contributed by atoms with Gasteiger partial charge in [0.1, 0.15) is 11.6 Å². The fraction of sp³-hybridized carbons (Fsp3) is 0. The quantitative estimate of drug-likeness (QED) is 0.834. The molecule has 1 heterocycles. The van der Waals surface area contributed by atoms with Crippen molar-refractivity contribution in [2.75, 3.05) is 5.32 Å². The van der Waals surface area contributed by atoms with Crippen LogP contribution in [-0.2, 0) is 0 Å². The molecule has 0 aliphatic carbocycles. The van der Waals surface area contributed by atoms with Gasteiger partial charge >= 0.3 is 0 Å². The third-order valence-electron chi connectivity index (χ3n) is 3.17. The number of nitrogens with one attached hydrogen (secondary N) is 2. The molecule has 0 atom stereocenters. The van der Waals surface area contributed by atoms with Crippen LogP contribution in [0.5, 0.6) is 0 Å². The van der Waals surface area contributed by atoms with E-state index in [1.807, 2.05) is 0 Å². The predicted molar refractivity (Wildman–Crippen MR) is 72.5 cm³/mol. The van der Waals surface area contributed by atoms with Gasteiger partial charge in [-0.25, -0.2) is 8.78 Å². The summed E-state index contributed by atoms with van der Waals surface area (Å²) in [6, 6.07) is 6.69. The van der Waals surface area contributed by atoms with Crippen LogP contribution in [-0.4, -0.2) is 17.7 Å². The van der Waals surface area contributed by atoms with Crippen LogP contribution in [0.4, 0.5) is 14.5 Å². The lowest BCUT2D eigenvalue weighted by Crippen LogP contribution is -2.19. The molecule has 110 valence electrons. The van der Waals surface area contributed by atoms with Crippen molar-refractivity contribution < 1.29 is 23.2 Å². The second kappa shape index (κ2) is 5.03. The van der Waals surface area contributed by atoms with E-state index in [0.29, 0.717) is 6.07 Å². The maximum absolute atomic E-state index is 13.5. The number of amides is 3. The highest BCUT2D eigenvalue weighted by molar-refractivity contribution is 6.22. The fourth-order valence-corrected chi connectivity index (χ4v) is 2.12. The zero-order valence-electron chi connectivity index (χ0n) is 10.9. The first kappa shape index (κ1) is 13.9. The van der Waals surface area contributed by atoms with Crippen LogP contribution < -0.4 is 10.6 Å². The third kappa shape index (κ3) is 2.32. The second-order valence-corrected chi connectivity index (χ2v) is 4.62. The summed E-state index contributed by atoms with van der Waals surface area (Å²) in [6.45, 7) is 0. The second-order valence-electron chi connectivity index (χ2n) is 4.62. The van der Waals surface area contributed by atoms with E-state index in [1.165, 1.54) is 18.2 Å². The molecule has 0 aromatic heterocycles. The van der Waals surface area contributed by atoms with Crippen LogP contribution >= 0.6 is 0 Å². The van der Waals surface area contributed by atoms with Crippen molar-refractivity contribution in [1.29, 1.82) is 0 Å². The average molecular weight is 302 g/mol. The summed E-state index contributed by atoms with van der Waals surface area (Å²) < 4.78 is 26.3. The molecule has 7 heteroatoms. The van der Waals surface area contributed by atoms with Crippen molar-refractivity contribution in [2.24, 2.45) is 0 Å².